The first kappa shape index (κ1) is 13.0. The molecule has 0 radical (unpaired) electrons. The van der Waals surface area contributed by atoms with Crippen LogP contribution in [0.25, 0.3) is 0 Å². The molecule has 90 valence electrons. The molecule has 3 heteroatoms. The highest BCUT2D eigenvalue weighted by atomic mass is 16.5. The molecule has 1 rings (SSSR count). The molecule has 0 aliphatic heterocycles. The number of aliphatic hydroxyl groups is 1. The summed E-state index contributed by atoms with van der Waals surface area (Å²) in [5.74, 6) is 1.17. The second-order valence-electron chi connectivity index (χ2n) is 4.19. The first-order chi connectivity index (χ1) is 7.67. The number of rotatable bonds is 6. The molecular formula is C13H21NO2. The van der Waals surface area contributed by atoms with Crippen LogP contribution in [-0.2, 0) is 0 Å². The zero-order chi connectivity index (χ0) is 12.0. The van der Waals surface area contributed by atoms with Crippen LogP contribution in [0.15, 0.2) is 24.3 Å². The normalized spacial score (nSPS) is 14.5. The fourth-order valence-corrected chi connectivity index (χ4v) is 1.45. The number of nitrogens with one attached hydrogen (secondary N) is 1. The summed E-state index contributed by atoms with van der Waals surface area (Å²) < 4.78 is 5.11. The van der Waals surface area contributed by atoms with Gasteiger partial charge in [0.25, 0.3) is 0 Å². The molecule has 0 fully saturated rings. The van der Waals surface area contributed by atoms with Crippen molar-refractivity contribution in [2.45, 2.75) is 19.9 Å². The predicted octanol–water partition coefficient (Wildman–Crippen LogP) is 1.97. The Hall–Kier alpha value is -1.06. The molecule has 0 bridgehead atoms. The van der Waals surface area contributed by atoms with Crippen LogP contribution in [0.3, 0.4) is 0 Å². The summed E-state index contributed by atoms with van der Waals surface area (Å²) in [5, 5.41) is 12.3. The molecule has 0 aliphatic carbocycles. The maximum absolute atomic E-state index is 8.93. The molecule has 0 saturated carbocycles. The van der Waals surface area contributed by atoms with Gasteiger partial charge in [-0.15, -0.1) is 0 Å². The van der Waals surface area contributed by atoms with E-state index in [0.29, 0.717) is 12.0 Å². The second kappa shape index (κ2) is 6.51. The van der Waals surface area contributed by atoms with E-state index in [4.69, 9.17) is 9.84 Å². The van der Waals surface area contributed by atoms with Gasteiger partial charge in [0.15, 0.2) is 0 Å². The van der Waals surface area contributed by atoms with Gasteiger partial charge >= 0.3 is 0 Å². The van der Waals surface area contributed by atoms with Crippen molar-refractivity contribution in [2.75, 3.05) is 20.3 Å². The van der Waals surface area contributed by atoms with Gasteiger partial charge in [0, 0.05) is 19.2 Å². The fourth-order valence-electron chi connectivity index (χ4n) is 1.45. The highest BCUT2D eigenvalue weighted by molar-refractivity contribution is 5.28. The van der Waals surface area contributed by atoms with Gasteiger partial charge < -0.3 is 15.2 Å². The van der Waals surface area contributed by atoms with E-state index in [1.165, 1.54) is 5.56 Å². The Balaban J connectivity index is 2.49. The Bertz CT molecular complexity index is 297. The molecule has 0 aliphatic rings. The van der Waals surface area contributed by atoms with Crippen molar-refractivity contribution in [2.24, 2.45) is 5.92 Å². The molecule has 1 unspecified atom stereocenters. The Kier molecular flexibility index (Phi) is 5.29. The number of benzene rings is 1. The maximum Gasteiger partial charge on any atom is 0.118 e. The third-order valence-corrected chi connectivity index (χ3v) is 2.70. The van der Waals surface area contributed by atoms with Crippen LogP contribution >= 0.6 is 0 Å². The third kappa shape index (κ3) is 3.83. The number of aliphatic hydroxyl groups excluding tert-OH is 1. The van der Waals surface area contributed by atoms with Gasteiger partial charge in [-0.2, -0.15) is 0 Å². The van der Waals surface area contributed by atoms with Crippen molar-refractivity contribution in [3.05, 3.63) is 29.8 Å². The van der Waals surface area contributed by atoms with E-state index in [1.807, 2.05) is 19.1 Å². The van der Waals surface area contributed by atoms with E-state index in [1.54, 1.807) is 7.11 Å². The number of methoxy groups -OCH3 is 1. The van der Waals surface area contributed by atoms with Crippen LogP contribution in [0, 0.1) is 5.92 Å². The number of ether oxygens (including phenoxy) is 1. The summed E-state index contributed by atoms with van der Waals surface area (Å²) in [5.41, 5.74) is 1.23. The average Bonchev–Trinajstić information content (AvgIpc) is 2.35. The summed E-state index contributed by atoms with van der Waals surface area (Å²) >= 11 is 0. The summed E-state index contributed by atoms with van der Waals surface area (Å²) in [4.78, 5) is 0. The van der Waals surface area contributed by atoms with Crippen LogP contribution in [-0.4, -0.2) is 25.4 Å². The molecule has 1 aromatic rings. The third-order valence-electron chi connectivity index (χ3n) is 2.70. The van der Waals surface area contributed by atoms with Crippen molar-refractivity contribution < 1.29 is 9.84 Å². The highest BCUT2D eigenvalue weighted by Crippen LogP contribution is 2.17. The topological polar surface area (TPSA) is 41.5 Å². The molecule has 0 saturated heterocycles. The minimum Gasteiger partial charge on any atom is -0.497 e. The zero-order valence-electron chi connectivity index (χ0n) is 10.2. The van der Waals surface area contributed by atoms with E-state index in [-0.39, 0.29) is 6.61 Å². The van der Waals surface area contributed by atoms with Crippen LogP contribution < -0.4 is 10.1 Å². The van der Waals surface area contributed by atoms with Gasteiger partial charge in [0.1, 0.15) is 5.75 Å². The van der Waals surface area contributed by atoms with Crippen LogP contribution in [0.2, 0.25) is 0 Å². The van der Waals surface area contributed by atoms with Crippen molar-refractivity contribution >= 4 is 0 Å². The lowest BCUT2D eigenvalue weighted by atomic mass is 10.1. The van der Waals surface area contributed by atoms with Gasteiger partial charge in [-0.1, -0.05) is 19.1 Å². The first-order valence-corrected chi connectivity index (χ1v) is 5.65. The maximum atomic E-state index is 8.93. The largest absolute Gasteiger partial charge is 0.497 e. The minimum atomic E-state index is 0.225. The molecule has 2 N–H and O–H groups in total. The molecule has 0 spiro atoms. The lowest BCUT2D eigenvalue weighted by Crippen LogP contribution is -2.26. The van der Waals surface area contributed by atoms with Gasteiger partial charge in [-0.25, -0.2) is 0 Å². The summed E-state index contributed by atoms with van der Waals surface area (Å²) in [6.07, 6.45) is 0. The number of hydrogen-bond donors (Lipinski definition) is 2. The van der Waals surface area contributed by atoms with Crippen molar-refractivity contribution in [1.29, 1.82) is 0 Å². The Labute approximate surface area is 97.4 Å². The summed E-state index contributed by atoms with van der Waals surface area (Å²) in [7, 11) is 1.67. The highest BCUT2D eigenvalue weighted by Gasteiger charge is 2.06. The van der Waals surface area contributed by atoms with Gasteiger partial charge in [-0.05, 0) is 30.5 Å². The first-order valence-electron chi connectivity index (χ1n) is 5.65. The Morgan fingerprint density at radius 2 is 1.88 bits per heavy atom. The molecule has 3 nitrogen and oxygen atoms in total. The second-order valence-corrected chi connectivity index (χ2v) is 4.19. The summed E-state index contributed by atoms with van der Waals surface area (Å²) in [6, 6.07) is 8.33. The fraction of sp³-hybridized carbons (Fsp3) is 0.538. The molecular weight excluding hydrogens is 202 g/mol. The van der Waals surface area contributed by atoms with E-state index < -0.39 is 0 Å². The molecule has 0 heterocycles. The van der Waals surface area contributed by atoms with Crippen molar-refractivity contribution in [3.8, 4) is 5.75 Å². The zero-order valence-corrected chi connectivity index (χ0v) is 10.2. The predicted molar refractivity (Wildman–Crippen MR) is 65.7 cm³/mol. The summed E-state index contributed by atoms with van der Waals surface area (Å²) in [6.45, 7) is 5.19. The molecule has 1 aromatic carbocycles. The molecule has 2 atom stereocenters. The monoisotopic (exact) mass is 223 g/mol. The molecule has 16 heavy (non-hydrogen) atoms. The van der Waals surface area contributed by atoms with Gasteiger partial charge in [-0.3, -0.25) is 0 Å². The number of hydrogen-bond acceptors (Lipinski definition) is 3. The lowest BCUT2D eigenvalue weighted by Gasteiger charge is -2.17. The Morgan fingerprint density at radius 1 is 1.25 bits per heavy atom. The van der Waals surface area contributed by atoms with Crippen molar-refractivity contribution in [1.82, 2.24) is 5.32 Å². The van der Waals surface area contributed by atoms with E-state index in [9.17, 15) is 0 Å². The van der Waals surface area contributed by atoms with E-state index in [2.05, 4.69) is 24.4 Å². The van der Waals surface area contributed by atoms with Crippen LogP contribution in [0.4, 0.5) is 0 Å². The standard InChI is InChI=1S/C13H21NO2/c1-10(9-15)8-14-11(2)12-4-6-13(16-3)7-5-12/h4-7,10-11,14-15H,8-9H2,1-3H3/t10?,11-/m0/s1. The van der Waals surface area contributed by atoms with Gasteiger partial charge in [0.2, 0.25) is 0 Å². The molecule has 0 amide bonds. The average molecular weight is 223 g/mol. The van der Waals surface area contributed by atoms with E-state index >= 15 is 0 Å². The van der Waals surface area contributed by atoms with Gasteiger partial charge in [0.05, 0.1) is 7.11 Å². The Morgan fingerprint density at radius 3 is 2.38 bits per heavy atom. The minimum absolute atomic E-state index is 0.225. The smallest absolute Gasteiger partial charge is 0.118 e. The van der Waals surface area contributed by atoms with E-state index in [0.717, 1.165) is 12.3 Å². The molecule has 0 aromatic heterocycles. The quantitative estimate of drug-likeness (QED) is 0.774. The van der Waals surface area contributed by atoms with Crippen LogP contribution in [0.1, 0.15) is 25.5 Å². The SMILES string of the molecule is COc1ccc([C@H](C)NCC(C)CO)cc1. The lowest BCUT2D eigenvalue weighted by molar-refractivity contribution is 0.231. The van der Waals surface area contributed by atoms with Crippen molar-refractivity contribution in [3.63, 3.8) is 0 Å². The van der Waals surface area contributed by atoms with Crippen LogP contribution in [0.5, 0.6) is 5.75 Å².